The summed E-state index contributed by atoms with van der Waals surface area (Å²) in [5.41, 5.74) is 2.53. The summed E-state index contributed by atoms with van der Waals surface area (Å²) in [6.07, 6.45) is 0.0459. The molecule has 5 rings (SSSR count). The summed E-state index contributed by atoms with van der Waals surface area (Å²) in [6, 6.07) is 21.2. The molecule has 1 heterocycles. The Balaban J connectivity index is 1.34. The number of carboxylic acid groups (broad SMARTS) is 1. The number of halogens is 1. The van der Waals surface area contributed by atoms with Gasteiger partial charge in [-0.25, -0.2) is 13.9 Å². The van der Waals surface area contributed by atoms with Crippen molar-refractivity contribution < 1.29 is 23.8 Å². The number of aliphatic carboxylic acids is 1. The van der Waals surface area contributed by atoms with Crippen LogP contribution in [0.2, 0.25) is 0 Å². The first-order valence-corrected chi connectivity index (χ1v) is 11.8. The van der Waals surface area contributed by atoms with Crippen molar-refractivity contribution in [3.63, 3.8) is 0 Å². The molecule has 1 aliphatic rings. The highest BCUT2D eigenvalue weighted by Crippen LogP contribution is 2.48. The first-order chi connectivity index (χ1) is 17.8. The summed E-state index contributed by atoms with van der Waals surface area (Å²) < 4.78 is 22.1. The molecule has 1 fully saturated rings. The number of carboxylic acids is 1. The van der Waals surface area contributed by atoms with Crippen molar-refractivity contribution >= 4 is 17.9 Å². The molecule has 0 radical (unpaired) electrons. The van der Waals surface area contributed by atoms with Gasteiger partial charge in [0.15, 0.2) is 5.82 Å². The van der Waals surface area contributed by atoms with Gasteiger partial charge in [-0.3, -0.25) is 10.1 Å². The molecule has 1 unspecified atom stereocenters. The van der Waals surface area contributed by atoms with E-state index >= 15 is 4.39 Å². The Labute approximate surface area is 212 Å². The van der Waals surface area contributed by atoms with Crippen LogP contribution in [0.5, 0.6) is 0 Å². The van der Waals surface area contributed by atoms with Gasteiger partial charge < -0.3 is 9.84 Å². The van der Waals surface area contributed by atoms with Gasteiger partial charge in [0.1, 0.15) is 17.6 Å². The van der Waals surface area contributed by atoms with Crippen LogP contribution in [0.1, 0.15) is 37.0 Å². The number of amides is 1. The summed E-state index contributed by atoms with van der Waals surface area (Å²) >= 11 is 0. The molecular formula is C28H25FN4O4. The molecule has 4 aromatic rings. The van der Waals surface area contributed by atoms with Crippen molar-refractivity contribution in [2.24, 2.45) is 7.05 Å². The number of nitrogens with zero attached hydrogens (tertiary/aromatic N) is 3. The minimum atomic E-state index is -0.817. The highest BCUT2D eigenvalue weighted by atomic mass is 19.1. The second kappa shape index (κ2) is 9.50. The van der Waals surface area contributed by atoms with Gasteiger partial charge in [0.25, 0.3) is 0 Å². The first kappa shape index (κ1) is 24.2. The molecule has 0 saturated heterocycles. The van der Waals surface area contributed by atoms with Gasteiger partial charge in [0.05, 0.1) is 5.41 Å². The normalized spacial score (nSPS) is 14.6. The monoisotopic (exact) mass is 500 g/mol. The molecule has 1 amide bonds. The lowest BCUT2D eigenvalue weighted by Crippen LogP contribution is -2.19. The summed E-state index contributed by atoms with van der Waals surface area (Å²) in [5.74, 6) is -1.16. The van der Waals surface area contributed by atoms with Crippen molar-refractivity contribution in [1.29, 1.82) is 0 Å². The quantitative estimate of drug-likeness (QED) is 0.336. The molecule has 1 saturated carbocycles. The molecule has 37 heavy (non-hydrogen) atoms. The Bertz CT molecular complexity index is 1460. The molecule has 0 spiro atoms. The second-order valence-corrected chi connectivity index (χ2v) is 9.15. The number of aryl methyl sites for hydroxylation is 1. The fraction of sp³-hybridized carbons (Fsp3) is 0.214. The maximum absolute atomic E-state index is 15.3. The molecule has 0 aliphatic heterocycles. The van der Waals surface area contributed by atoms with Gasteiger partial charge in [0, 0.05) is 12.6 Å². The standard InChI is InChI=1S/C28H25FN4O4/c1-17(18-6-4-3-5-7-18)37-27(36)30-25-24(31-32-33(25)2)22-13-10-20(16-23(22)29)19-8-11-21(12-9-19)28(14-15-28)26(34)35/h3-13,16-17H,14-15H2,1-2H3,(H,30,36)(H,34,35). The predicted octanol–water partition coefficient (Wildman–Crippen LogP) is 5.71. The SMILES string of the molecule is CC(OC(=O)Nc1c(-c2ccc(-c3ccc(C4(C(=O)O)CC4)cc3)cc2F)nnn1C)c1ccccc1. The number of aromatic nitrogens is 3. The Morgan fingerprint density at radius 1 is 1.05 bits per heavy atom. The van der Waals surface area contributed by atoms with Crippen molar-refractivity contribution in [2.75, 3.05) is 5.32 Å². The minimum Gasteiger partial charge on any atom is -0.481 e. The largest absolute Gasteiger partial charge is 0.481 e. The Hall–Kier alpha value is -4.53. The topological polar surface area (TPSA) is 106 Å². The minimum absolute atomic E-state index is 0.169. The van der Waals surface area contributed by atoms with Gasteiger partial charge in [-0.1, -0.05) is 65.9 Å². The molecule has 3 aromatic carbocycles. The molecule has 0 bridgehead atoms. The predicted molar refractivity (Wildman–Crippen MR) is 135 cm³/mol. The summed E-state index contributed by atoms with van der Waals surface area (Å²) in [4.78, 5) is 24.1. The van der Waals surface area contributed by atoms with Crippen LogP contribution in [0.3, 0.4) is 0 Å². The van der Waals surface area contributed by atoms with Crippen molar-refractivity contribution in [1.82, 2.24) is 15.0 Å². The van der Waals surface area contributed by atoms with Crippen LogP contribution < -0.4 is 5.32 Å². The molecule has 8 nitrogen and oxygen atoms in total. The maximum Gasteiger partial charge on any atom is 0.413 e. The molecular weight excluding hydrogens is 475 g/mol. The van der Waals surface area contributed by atoms with E-state index in [1.165, 1.54) is 10.7 Å². The lowest BCUT2D eigenvalue weighted by Gasteiger charge is -2.15. The average molecular weight is 501 g/mol. The third kappa shape index (κ3) is 4.67. The Kier molecular flexibility index (Phi) is 6.20. The van der Waals surface area contributed by atoms with E-state index in [4.69, 9.17) is 4.74 Å². The van der Waals surface area contributed by atoms with Crippen molar-refractivity contribution in [3.8, 4) is 22.4 Å². The smallest absolute Gasteiger partial charge is 0.413 e. The number of benzene rings is 3. The van der Waals surface area contributed by atoms with Crippen molar-refractivity contribution in [2.45, 2.75) is 31.3 Å². The van der Waals surface area contributed by atoms with Gasteiger partial charge in [-0.15, -0.1) is 5.10 Å². The number of hydrogen-bond acceptors (Lipinski definition) is 5. The van der Waals surface area contributed by atoms with Gasteiger partial charge in [0.2, 0.25) is 0 Å². The van der Waals surface area contributed by atoms with Crippen LogP contribution in [-0.4, -0.2) is 32.2 Å². The third-order valence-corrected chi connectivity index (χ3v) is 6.75. The number of rotatable bonds is 7. The van der Waals surface area contributed by atoms with E-state index in [0.29, 0.717) is 18.4 Å². The van der Waals surface area contributed by atoms with Gasteiger partial charge >= 0.3 is 12.1 Å². The number of carbonyl (C=O) groups excluding carboxylic acids is 1. The van der Waals surface area contributed by atoms with Crippen LogP contribution in [0, 0.1) is 5.82 Å². The lowest BCUT2D eigenvalue weighted by atomic mass is 9.93. The molecule has 1 aliphatic carbocycles. The molecule has 1 aromatic heterocycles. The van der Waals surface area contributed by atoms with Gasteiger partial charge in [-0.2, -0.15) is 0 Å². The van der Waals surface area contributed by atoms with Gasteiger partial charge in [-0.05, 0) is 54.2 Å². The maximum atomic E-state index is 15.3. The van der Waals surface area contributed by atoms with E-state index in [-0.39, 0.29) is 17.1 Å². The highest BCUT2D eigenvalue weighted by molar-refractivity contribution is 5.89. The molecule has 9 heteroatoms. The highest BCUT2D eigenvalue weighted by Gasteiger charge is 2.51. The number of anilines is 1. The summed E-state index contributed by atoms with van der Waals surface area (Å²) in [5, 5.41) is 20.1. The number of nitrogens with one attached hydrogen (secondary N) is 1. The van der Waals surface area contributed by atoms with Crippen LogP contribution in [0.15, 0.2) is 72.8 Å². The second-order valence-electron chi connectivity index (χ2n) is 9.15. The van der Waals surface area contributed by atoms with Crippen molar-refractivity contribution in [3.05, 3.63) is 89.7 Å². The summed E-state index contributed by atoms with van der Waals surface area (Å²) in [7, 11) is 1.59. The van der Waals surface area contributed by atoms with E-state index in [1.807, 2.05) is 30.3 Å². The first-order valence-electron chi connectivity index (χ1n) is 11.8. The molecule has 188 valence electrons. The summed E-state index contributed by atoms with van der Waals surface area (Å²) in [6.45, 7) is 1.76. The lowest BCUT2D eigenvalue weighted by molar-refractivity contribution is -0.140. The zero-order chi connectivity index (χ0) is 26.2. The zero-order valence-corrected chi connectivity index (χ0v) is 20.3. The van der Waals surface area contributed by atoms with E-state index in [0.717, 1.165) is 16.7 Å². The van der Waals surface area contributed by atoms with E-state index in [1.54, 1.807) is 50.4 Å². The third-order valence-electron chi connectivity index (χ3n) is 6.75. The van der Waals surface area contributed by atoms with Crippen LogP contribution in [-0.2, 0) is 22.0 Å². The Morgan fingerprint density at radius 2 is 1.73 bits per heavy atom. The Morgan fingerprint density at radius 3 is 2.35 bits per heavy atom. The molecule has 1 atom stereocenters. The van der Waals surface area contributed by atoms with Crippen LogP contribution in [0.4, 0.5) is 15.0 Å². The number of carbonyl (C=O) groups is 2. The number of ether oxygens (including phenoxy) is 1. The molecule has 2 N–H and O–H groups in total. The fourth-order valence-corrected chi connectivity index (χ4v) is 4.38. The van der Waals surface area contributed by atoms with E-state index in [2.05, 4.69) is 15.6 Å². The van der Waals surface area contributed by atoms with E-state index < -0.39 is 29.4 Å². The van der Waals surface area contributed by atoms with Crippen LogP contribution >= 0.6 is 0 Å². The van der Waals surface area contributed by atoms with E-state index in [9.17, 15) is 14.7 Å². The zero-order valence-electron chi connectivity index (χ0n) is 20.3. The van der Waals surface area contributed by atoms with Crippen LogP contribution in [0.25, 0.3) is 22.4 Å². The number of hydrogen-bond donors (Lipinski definition) is 2. The average Bonchev–Trinajstić information content (AvgIpc) is 3.65. The fourth-order valence-electron chi connectivity index (χ4n) is 4.38.